The van der Waals surface area contributed by atoms with Crippen LogP contribution in [0.25, 0.3) is 76.2 Å². The monoisotopic (exact) mass is 611 g/mol. The van der Waals surface area contributed by atoms with Crippen molar-refractivity contribution in [3.63, 3.8) is 0 Å². The fourth-order valence-corrected chi connectivity index (χ4v) is 7.47. The van der Waals surface area contributed by atoms with Crippen LogP contribution in [-0.4, -0.2) is 0 Å². The Morgan fingerprint density at radius 1 is 0.354 bits per heavy atom. The number of hydrogen-bond donors (Lipinski definition) is 0. The van der Waals surface area contributed by atoms with Crippen molar-refractivity contribution in [2.24, 2.45) is 0 Å². The lowest BCUT2D eigenvalue weighted by Gasteiger charge is -2.28. The molecule has 0 aliphatic carbocycles. The molecule has 0 N–H and O–H groups in total. The first-order valence-corrected chi connectivity index (χ1v) is 16.4. The van der Waals surface area contributed by atoms with Crippen LogP contribution in [-0.2, 0) is 0 Å². The summed E-state index contributed by atoms with van der Waals surface area (Å²) in [5, 5.41) is 12.0. The van der Waals surface area contributed by atoms with Crippen LogP contribution in [0.5, 0.6) is 0 Å². The molecule has 224 valence electrons. The molecule has 0 saturated carbocycles. The largest absolute Gasteiger partial charge is 0.455 e. The van der Waals surface area contributed by atoms with Gasteiger partial charge in [0.15, 0.2) is 0 Å². The molecule has 0 aliphatic rings. The van der Waals surface area contributed by atoms with Gasteiger partial charge in [-0.3, -0.25) is 0 Å². The van der Waals surface area contributed by atoms with E-state index in [0.29, 0.717) is 0 Å². The zero-order chi connectivity index (χ0) is 31.6. The Labute approximate surface area is 277 Å². The van der Waals surface area contributed by atoms with Crippen LogP contribution >= 0.6 is 0 Å². The predicted molar refractivity (Wildman–Crippen MR) is 204 cm³/mol. The van der Waals surface area contributed by atoms with Crippen molar-refractivity contribution in [1.29, 1.82) is 0 Å². The molecule has 9 aromatic carbocycles. The molecule has 48 heavy (non-hydrogen) atoms. The summed E-state index contributed by atoms with van der Waals surface area (Å²) in [4.78, 5) is 2.40. The summed E-state index contributed by atoms with van der Waals surface area (Å²) in [6.45, 7) is 0. The molecule has 1 aromatic heterocycles. The highest BCUT2D eigenvalue weighted by atomic mass is 16.3. The average molecular weight is 612 g/mol. The standard InChI is InChI=1S/C46H29NO/c1-2-12-33-27-36(22-19-30(33)9-1)47(37-23-25-39-34(28-37)18-17-31-10-3-5-13-38(31)39)44-16-8-7-14-40(44)35-21-26-45-43(29-35)42-24-20-32-11-4-6-15-41(32)46(42)48-45/h1-29H. The van der Waals surface area contributed by atoms with Crippen molar-refractivity contribution < 1.29 is 4.42 Å². The Hall–Kier alpha value is -6.38. The maximum Gasteiger partial charge on any atom is 0.143 e. The SMILES string of the molecule is c1ccc(N(c2ccc3ccccc3c2)c2ccc3c(ccc4ccccc43)c2)c(-c2ccc3oc4c5ccccc5ccc4c3c2)c1. The summed E-state index contributed by atoms with van der Waals surface area (Å²) in [5.41, 5.74) is 7.48. The zero-order valence-corrected chi connectivity index (χ0v) is 26.1. The summed E-state index contributed by atoms with van der Waals surface area (Å²) in [6.07, 6.45) is 0. The van der Waals surface area contributed by atoms with Crippen molar-refractivity contribution in [2.75, 3.05) is 4.90 Å². The second-order valence-electron chi connectivity index (χ2n) is 12.6. The molecule has 0 unspecified atom stereocenters. The minimum atomic E-state index is 0.899. The van der Waals surface area contributed by atoms with Gasteiger partial charge in [-0.25, -0.2) is 0 Å². The quantitative estimate of drug-likeness (QED) is 0.184. The Kier molecular flexibility index (Phi) is 5.91. The van der Waals surface area contributed by atoms with Gasteiger partial charge in [0.25, 0.3) is 0 Å². The minimum Gasteiger partial charge on any atom is -0.455 e. The van der Waals surface area contributed by atoms with E-state index < -0.39 is 0 Å². The Morgan fingerprint density at radius 2 is 0.938 bits per heavy atom. The van der Waals surface area contributed by atoms with Gasteiger partial charge in [-0.1, -0.05) is 127 Å². The smallest absolute Gasteiger partial charge is 0.143 e. The number of hydrogen-bond acceptors (Lipinski definition) is 2. The highest BCUT2D eigenvalue weighted by Gasteiger charge is 2.19. The number of rotatable bonds is 4. The minimum absolute atomic E-state index is 0.899. The van der Waals surface area contributed by atoms with Gasteiger partial charge in [0, 0.05) is 33.1 Å². The lowest BCUT2D eigenvalue weighted by molar-refractivity contribution is 0.672. The molecule has 10 rings (SSSR count). The topological polar surface area (TPSA) is 16.4 Å². The molecule has 0 aliphatic heterocycles. The first kappa shape index (κ1) is 26.8. The lowest BCUT2D eigenvalue weighted by Crippen LogP contribution is -2.11. The van der Waals surface area contributed by atoms with Gasteiger partial charge in [0.1, 0.15) is 11.2 Å². The van der Waals surface area contributed by atoms with Crippen LogP contribution in [0.1, 0.15) is 0 Å². The fraction of sp³-hybridized carbons (Fsp3) is 0. The van der Waals surface area contributed by atoms with E-state index in [1.165, 1.54) is 37.7 Å². The molecule has 10 aromatic rings. The van der Waals surface area contributed by atoms with Gasteiger partial charge < -0.3 is 9.32 Å². The van der Waals surface area contributed by atoms with E-state index >= 15 is 0 Å². The molecule has 0 fully saturated rings. The lowest BCUT2D eigenvalue weighted by atomic mass is 9.98. The molecule has 0 saturated heterocycles. The van der Waals surface area contributed by atoms with Crippen molar-refractivity contribution in [3.8, 4) is 11.1 Å². The highest BCUT2D eigenvalue weighted by Crippen LogP contribution is 2.44. The van der Waals surface area contributed by atoms with Crippen LogP contribution in [0, 0.1) is 0 Å². The van der Waals surface area contributed by atoms with E-state index in [0.717, 1.165) is 55.5 Å². The first-order chi connectivity index (χ1) is 23.8. The number of nitrogens with zero attached hydrogens (tertiary/aromatic N) is 1. The van der Waals surface area contributed by atoms with E-state index in [9.17, 15) is 0 Å². The van der Waals surface area contributed by atoms with Gasteiger partial charge in [0.2, 0.25) is 0 Å². The third-order valence-electron chi connectivity index (χ3n) is 9.80. The number of furan rings is 1. The van der Waals surface area contributed by atoms with Crippen molar-refractivity contribution in [1.82, 2.24) is 0 Å². The summed E-state index contributed by atoms with van der Waals surface area (Å²) < 4.78 is 6.47. The van der Waals surface area contributed by atoms with E-state index in [4.69, 9.17) is 4.42 Å². The number of benzene rings is 9. The Bertz CT molecular complexity index is 2860. The molecular weight excluding hydrogens is 583 g/mol. The van der Waals surface area contributed by atoms with Crippen molar-refractivity contribution in [2.45, 2.75) is 0 Å². The predicted octanol–water partition coefficient (Wildman–Crippen LogP) is 13.3. The van der Waals surface area contributed by atoms with Crippen LogP contribution in [0.15, 0.2) is 180 Å². The van der Waals surface area contributed by atoms with E-state index in [1.807, 2.05) is 0 Å². The van der Waals surface area contributed by atoms with Gasteiger partial charge in [-0.2, -0.15) is 0 Å². The number of fused-ring (bicyclic) bond motifs is 9. The normalized spacial score (nSPS) is 11.8. The summed E-state index contributed by atoms with van der Waals surface area (Å²) in [7, 11) is 0. The molecule has 0 radical (unpaired) electrons. The molecule has 0 atom stereocenters. The van der Waals surface area contributed by atoms with E-state index in [1.54, 1.807) is 0 Å². The molecule has 0 bridgehead atoms. The maximum atomic E-state index is 6.47. The third-order valence-corrected chi connectivity index (χ3v) is 9.80. The first-order valence-electron chi connectivity index (χ1n) is 16.4. The summed E-state index contributed by atoms with van der Waals surface area (Å²) in [6, 6.07) is 63.5. The van der Waals surface area contributed by atoms with Crippen LogP contribution in [0.3, 0.4) is 0 Å². The van der Waals surface area contributed by atoms with Crippen LogP contribution in [0.2, 0.25) is 0 Å². The molecule has 0 spiro atoms. The zero-order valence-electron chi connectivity index (χ0n) is 26.1. The molecule has 1 heterocycles. The molecular formula is C46H29NO. The number of anilines is 3. The van der Waals surface area contributed by atoms with Gasteiger partial charge >= 0.3 is 0 Å². The summed E-state index contributed by atoms with van der Waals surface area (Å²) in [5.74, 6) is 0. The Morgan fingerprint density at radius 3 is 1.81 bits per heavy atom. The number of para-hydroxylation sites is 1. The van der Waals surface area contributed by atoms with Crippen molar-refractivity contribution >= 4 is 82.1 Å². The van der Waals surface area contributed by atoms with E-state index in [2.05, 4.69) is 181 Å². The van der Waals surface area contributed by atoms with Gasteiger partial charge in [-0.15, -0.1) is 0 Å². The highest BCUT2D eigenvalue weighted by molar-refractivity contribution is 6.16. The van der Waals surface area contributed by atoms with E-state index in [-0.39, 0.29) is 0 Å². The van der Waals surface area contributed by atoms with Crippen molar-refractivity contribution in [3.05, 3.63) is 176 Å². The fourth-order valence-electron chi connectivity index (χ4n) is 7.47. The maximum absolute atomic E-state index is 6.47. The molecule has 2 heteroatoms. The second-order valence-corrected chi connectivity index (χ2v) is 12.6. The van der Waals surface area contributed by atoms with Gasteiger partial charge in [-0.05, 0) is 91.8 Å². The molecule has 2 nitrogen and oxygen atoms in total. The average Bonchev–Trinajstić information content (AvgIpc) is 3.53. The van der Waals surface area contributed by atoms with Gasteiger partial charge in [0.05, 0.1) is 5.69 Å². The van der Waals surface area contributed by atoms with Crippen LogP contribution in [0.4, 0.5) is 17.1 Å². The third kappa shape index (κ3) is 4.20. The van der Waals surface area contributed by atoms with Crippen LogP contribution < -0.4 is 4.90 Å². The Balaban J connectivity index is 1.19. The summed E-state index contributed by atoms with van der Waals surface area (Å²) >= 11 is 0. The molecule has 0 amide bonds. The second kappa shape index (κ2) is 10.6.